The monoisotopic (exact) mass is 744 g/mol. The number of unbranched alkanes of at least 4 members (excludes halogenated alkanes) is 4. The lowest BCUT2D eigenvalue weighted by Gasteiger charge is -2.32. The van der Waals surface area contributed by atoms with E-state index in [0.717, 1.165) is 69.9 Å². The van der Waals surface area contributed by atoms with Crippen LogP contribution in [-0.4, -0.2) is 81.2 Å². The Bertz CT molecular complexity index is 817. The molecule has 1 N–H and O–H groups in total. The predicted molar refractivity (Wildman–Crippen MR) is 208 cm³/mol. The lowest BCUT2D eigenvalue weighted by atomic mass is 9.99. The van der Waals surface area contributed by atoms with Crippen LogP contribution in [0.1, 0.15) is 99.8 Å². The van der Waals surface area contributed by atoms with Crippen LogP contribution in [-0.2, 0) is 28.6 Å². The predicted octanol–water partition coefficient (Wildman–Crippen LogP) is 8.96. The van der Waals surface area contributed by atoms with Gasteiger partial charge in [0.05, 0.1) is 27.2 Å². The molecular weight excluding hydrogens is 672 g/mol. The molecule has 0 radical (unpaired) electrons. The van der Waals surface area contributed by atoms with Crippen molar-refractivity contribution in [2.75, 3.05) is 46.3 Å². The third kappa shape index (κ3) is 31.1. The minimum Gasteiger partial charge on any atom is -0.469 e. The van der Waals surface area contributed by atoms with Gasteiger partial charge in [0.2, 0.25) is 0 Å². The van der Waals surface area contributed by atoms with Crippen molar-refractivity contribution in [3.8, 4) is 0 Å². The number of allylic oxidation sites excluding steroid dienone is 4. The van der Waals surface area contributed by atoms with Gasteiger partial charge in [-0.25, -0.2) is 0 Å². The second kappa shape index (κ2) is 37.6. The number of hydrogen-bond acceptors (Lipinski definition) is 8. The molecule has 0 rings (SSSR count). The molecule has 0 bridgehead atoms. The molecule has 0 amide bonds. The van der Waals surface area contributed by atoms with Gasteiger partial charge in [-0.1, -0.05) is 88.7 Å². The first-order valence-corrected chi connectivity index (χ1v) is 18.5. The first-order valence-electron chi connectivity index (χ1n) is 17.4. The Morgan fingerprint density at radius 2 is 1.04 bits per heavy atom. The molecule has 0 aliphatic rings. The van der Waals surface area contributed by atoms with E-state index in [1.807, 2.05) is 58.9 Å². The standard InChI is InChI=1S/C16H29NO2.C11H21NO2.C7H14O2.C5H9Br/c1-6-8-10-12-17(13-11-9-7-2)15(14(3)4)16(18)19-5;1-5-6-7-8-12-10(9(2)3)11(13)14-4;1-5(2)6(3)7(8)9-4;1-2-3-4-5-6/h6-7,14-15H,1-2,8-13H2,3-5H3;5,9-10,12H,1,6-8H2,2-4H3;5-6H,1-4H3;2H,1,3-5H2. The fourth-order valence-corrected chi connectivity index (χ4v) is 4.46. The fourth-order valence-electron chi connectivity index (χ4n) is 4.13. The number of nitrogens with zero attached hydrogens (tertiary/aromatic N) is 1. The SMILES string of the molecule is C=CCCCBr.C=CCCCN(CCCC=C)C(C(=O)OC)C(C)C.C=CCCCNC(C(=O)OC)C(C)C.COC(=O)C(C)C(C)C. The number of rotatable bonds is 23. The van der Waals surface area contributed by atoms with Crippen molar-refractivity contribution < 1.29 is 28.6 Å². The lowest BCUT2D eigenvalue weighted by molar-refractivity contribution is -0.149. The number of esters is 3. The molecule has 0 aromatic carbocycles. The number of methoxy groups -OCH3 is 3. The van der Waals surface area contributed by atoms with Crippen LogP contribution in [0.4, 0.5) is 0 Å². The highest BCUT2D eigenvalue weighted by molar-refractivity contribution is 9.09. The number of carbonyl (C=O) groups excluding carboxylic acids is 3. The first kappa shape index (κ1) is 52.6. The third-order valence-electron chi connectivity index (χ3n) is 7.36. The van der Waals surface area contributed by atoms with Gasteiger partial charge in [0.1, 0.15) is 12.1 Å². The first-order chi connectivity index (χ1) is 22.7. The zero-order valence-electron chi connectivity index (χ0n) is 32.4. The van der Waals surface area contributed by atoms with Crippen molar-refractivity contribution in [3.63, 3.8) is 0 Å². The van der Waals surface area contributed by atoms with Crippen LogP contribution in [0, 0.1) is 23.7 Å². The number of carbonyl (C=O) groups is 3. The van der Waals surface area contributed by atoms with Crippen LogP contribution >= 0.6 is 15.9 Å². The Balaban J connectivity index is -0.000000292. The number of ether oxygens (including phenoxy) is 3. The summed E-state index contributed by atoms with van der Waals surface area (Å²) in [7, 11) is 4.30. The van der Waals surface area contributed by atoms with Crippen molar-refractivity contribution in [1.82, 2.24) is 10.2 Å². The van der Waals surface area contributed by atoms with Crippen LogP contribution in [0.3, 0.4) is 0 Å². The van der Waals surface area contributed by atoms with Crippen LogP contribution in [0.5, 0.6) is 0 Å². The van der Waals surface area contributed by atoms with Gasteiger partial charge in [0.25, 0.3) is 0 Å². The van der Waals surface area contributed by atoms with Crippen molar-refractivity contribution in [1.29, 1.82) is 0 Å². The Morgan fingerprint density at radius 3 is 1.33 bits per heavy atom. The molecule has 282 valence electrons. The number of hydrogen-bond donors (Lipinski definition) is 1. The van der Waals surface area contributed by atoms with Crippen LogP contribution in [0.25, 0.3) is 0 Å². The summed E-state index contributed by atoms with van der Waals surface area (Å²) in [5, 5.41) is 4.28. The van der Waals surface area contributed by atoms with Crippen LogP contribution in [0.15, 0.2) is 50.6 Å². The molecule has 3 atom stereocenters. The fraction of sp³-hybridized carbons (Fsp3) is 0.718. The summed E-state index contributed by atoms with van der Waals surface area (Å²) in [5.74, 6) is 0.467. The van der Waals surface area contributed by atoms with Gasteiger partial charge in [0.15, 0.2) is 0 Å². The van der Waals surface area contributed by atoms with E-state index in [0.29, 0.717) is 5.92 Å². The van der Waals surface area contributed by atoms with E-state index in [1.54, 1.807) is 0 Å². The van der Waals surface area contributed by atoms with Crippen molar-refractivity contribution in [2.45, 2.75) is 112 Å². The minimum absolute atomic E-state index is 0.0231. The molecule has 0 spiro atoms. The highest BCUT2D eigenvalue weighted by Gasteiger charge is 2.29. The van der Waals surface area contributed by atoms with Gasteiger partial charge >= 0.3 is 17.9 Å². The average molecular weight is 746 g/mol. The summed E-state index contributed by atoms with van der Waals surface area (Å²) in [4.78, 5) is 36.2. The van der Waals surface area contributed by atoms with Crippen molar-refractivity contribution in [3.05, 3.63) is 50.6 Å². The van der Waals surface area contributed by atoms with E-state index >= 15 is 0 Å². The molecule has 0 heterocycles. The summed E-state index contributed by atoms with van der Waals surface area (Å²) in [6.07, 6.45) is 16.0. The molecule has 0 fully saturated rings. The zero-order chi connectivity index (χ0) is 37.9. The molecule has 48 heavy (non-hydrogen) atoms. The summed E-state index contributed by atoms with van der Waals surface area (Å²) in [5.41, 5.74) is 0. The quantitative estimate of drug-likeness (QED) is 0.0365. The highest BCUT2D eigenvalue weighted by Crippen LogP contribution is 2.15. The molecule has 8 nitrogen and oxygen atoms in total. The van der Waals surface area contributed by atoms with Gasteiger partial charge in [-0.15, -0.1) is 26.3 Å². The van der Waals surface area contributed by atoms with E-state index in [1.165, 1.54) is 27.8 Å². The molecule has 0 saturated heterocycles. The van der Waals surface area contributed by atoms with Crippen LogP contribution < -0.4 is 5.32 Å². The van der Waals surface area contributed by atoms with Gasteiger partial charge in [0, 0.05) is 5.33 Å². The maximum Gasteiger partial charge on any atom is 0.323 e. The Kier molecular flexibility index (Phi) is 41.2. The summed E-state index contributed by atoms with van der Waals surface area (Å²) in [6.45, 7) is 31.3. The van der Waals surface area contributed by atoms with E-state index in [-0.39, 0.29) is 47.7 Å². The number of halogens is 1. The third-order valence-corrected chi connectivity index (χ3v) is 7.92. The van der Waals surface area contributed by atoms with Crippen molar-refractivity contribution in [2.24, 2.45) is 23.7 Å². The topological polar surface area (TPSA) is 94.2 Å². The van der Waals surface area contributed by atoms with Gasteiger partial charge in [-0.05, 0) is 88.8 Å². The van der Waals surface area contributed by atoms with Crippen LogP contribution in [0.2, 0.25) is 0 Å². The summed E-state index contributed by atoms with van der Waals surface area (Å²) < 4.78 is 14.2. The highest BCUT2D eigenvalue weighted by atomic mass is 79.9. The molecule has 0 aromatic heterocycles. The lowest BCUT2D eigenvalue weighted by Crippen LogP contribution is -2.46. The largest absolute Gasteiger partial charge is 0.469 e. The van der Waals surface area contributed by atoms with E-state index in [2.05, 4.69) is 71.0 Å². The van der Waals surface area contributed by atoms with Gasteiger partial charge in [-0.3, -0.25) is 19.3 Å². The molecule has 0 aromatic rings. The molecule has 9 heteroatoms. The van der Waals surface area contributed by atoms with E-state index in [4.69, 9.17) is 9.47 Å². The Hall–Kier alpha value is -2.23. The van der Waals surface area contributed by atoms with E-state index < -0.39 is 0 Å². The second-order valence-corrected chi connectivity index (χ2v) is 13.2. The zero-order valence-corrected chi connectivity index (χ0v) is 33.9. The van der Waals surface area contributed by atoms with Gasteiger partial charge < -0.3 is 19.5 Å². The number of alkyl halides is 1. The maximum absolute atomic E-state index is 12.0. The maximum atomic E-state index is 12.0. The van der Waals surface area contributed by atoms with E-state index in [9.17, 15) is 14.4 Å². The summed E-state index contributed by atoms with van der Waals surface area (Å²) in [6, 6.07) is -0.343. The smallest absolute Gasteiger partial charge is 0.323 e. The molecule has 3 unspecified atom stereocenters. The number of nitrogens with one attached hydrogen (secondary N) is 1. The normalized spacial score (nSPS) is 12.1. The molecule has 0 aliphatic carbocycles. The van der Waals surface area contributed by atoms with Gasteiger partial charge in [-0.2, -0.15) is 0 Å². The Morgan fingerprint density at radius 1 is 0.625 bits per heavy atom. The summed E-state index contributed by atoms with van der Waals surface area (Å²) >= 11 is 3.30. The Labute approximate surface area is 304 Å². The second-order valence-electron chi connectivity index (χ2n) is 12.4. The molecular formula is C39H73BrN2O6. The molecule has 0 aliphatic heterocycles. The minimum atomic E-state index is -0.190. The van der Waals surface area contributed by atoms with Crippen molar-refractivity contribution >= 4 is 33.8 Å². The average Bonchev–Trinajstić information content (AvgIpc) is 3.06. The molecule has 0 saturated carbocycles.